The summed E-state index contributed by atoms with van der Waals surface area (Å²) >= 11 is 0. The SMILES string of the molecule is Cc1ccc(CS(=O)(=O)Nc2cc(C(=O)Nc3ccc(C)c(C)c3)ccn2)cc1. The van der Waals surface area contributed by atoms with Crippen LogP contribution >= 0.6 is 0 Å². The van der Waals surface area contributed by atoms with E-state index < -0.39 is 10.0 Å². The van der Waals surface area contributed by atoms with E-state index in [-0.39, 0.29) is 17.5 Å². The number of rotatable bonds is 6. The number of amides is 1. The number of nitrogens with one attached hydrogen (secondary N) is 2. The van der Waals surface area contributed by atoms with E-state index in [1.807, 2.05) is 51.1 Å². The van der Waals surface area contributed by atoms with Gasteiger partial charge in [0.2, 0.25) is 10.0 Å². The molecule has 29 heavy (non-hydrogen) atoms. The number of aryl methyl sites for hydroxylation is 3. The van der Waals surface area contributed by atoms with Gasteiger partial charge in [0, 0.05) is 17.4 Å². The summed E-state index contributed by atoms with van der Waals surface area (Å²) in [6.07, 6.45) is 1.40. The Bertz CT molecular complexity index is 1140. The minimum Gasteiger partial charge on any atom is -0.322 e. The van der Waals surface area contributed by atoms with Crippen molar-refractivity contribution in [3.05, 3.63) is 88.6 Å². The van der Waals surface area contributed by atoms with Gasteiger partial charge < -0.3 is 5.32 Å². The predicted octanol–water partition coefficient (Wildman–Crippen LogP) is 4.20. The van der Waals surface area contributed by atoms with E-state index in [0.29, 0.717) is 16.8 Å². The molecule has 2 aromatic carbocycles. The molecule has 7 heteroatoms. The third-order valence-corrected chi connectivity index (χ3v) is 5.76. The lowest BCUT2D eigenvalue weighted by atomic mass is 10.1. The Balaban J connectivity index is 1.71. The van der Waals surface area contributed by atoms with Gasteiger partial charge in [-0.1, -0.05) is 35.9 Å². The predicted molar refractivity (Wildman–Crippen MR) is 116 cm³/mol. The number of benzene rings is 2. The fourth-order valence-corrected chi connectivity index (χ4v) is 3.88. The number of sulfonamides is 1. The van der Waals surface area contributed by atoms with Gasteiger partial charge >= 0.3 is 0 Å². The first kappa shape index (κ1) is 20.5. The van der Waals surface area contributed by atoms with Crippen LogP contribution in [-0.4, -0.2) is 19.3 Å². The highest BCUT2D eigenvalue weighted by atomic mass is 32.2. The number of aromatic nitrogens is 1. The van der Waals surface area contributed by atoms with Crippen molar-refractivity contribution in [1.29, 1.82) is 0 Å². The Hall–Kier alpha value is -3.19. The molecule has 0 spiro atoms. The van der Waals surface area contributed by atoms with E-state index in [1.54, 1.807) is 12.1 Å². The maximum atomic E-state index is 12.5. The molecule has 0 fully saturated rings. The molecule has 0 saturated heterocycles. The highest BCUT2D eigenvalue weighted by Crippen LogP contribution is 2.17. The number of hydrogen-bond donors (Lipinski definition) is 2. The molecule has 6 nitrogen and oxygen atoms in total. The lowest BCUT2D eigenvalue weighted by molar-refractivity contribution is 0.102. The van der Waals surface area contributed by atoms with Crippen LogP contribution in [0.15, 0.2) is 60.8 Å². The molecule has 0 saturated carbocycles. The molecule has 0 unspecified atom stereocenters. The van der Waals surface area contributed by atoms with Crippen LogP contribution in [0.4, 0.5) is 11.5 Å². The maximum absolute atomic E-state index is 12.5. The van der Waals surface area contributed by atoms with Gasteiger partial charge in [-0.05, 0) is 61.7 Å². The fraction of sp³-hybridized carbons (Fsp3) is 0.182. The van der Waals surface area contributed by atoms with Crippen LogP contribution < -0.4 is 10.0 Å². The standard InChI is InChI=1S/C22H23N3O3S/c1-15-4-7-18(8-5-15)14-29(27,28)25-21-13-19(10-11-23-21)22(26)24-20-9-6-16(2)17(3)12-20/h4-13H,14H2,1-3H3,(H,23,25)(H,24,26). The zero-order valence-corrected chi connectivity index (χ0v) is 17.4. The molecule has 3 rings (SSSR count). The molecular formula is C22H23N3O3S. The zero-order valence-electron chi connectivity index (χ0n) is 16.6. The summed E-state index contributed by atoms with van der Waals surface area (Å²) in [6.45, 7) is 5.91. The highest BCUT2D eigenvalue weighted by Gasteiger charge is 2.14. The van der Waals surface area contributed by atoms with Gasteiger partial charge in [-0.3, -0.25) is 9.52 Å². The molecule has 3 aromatic rings. The van der Waals surface area contributed by atoms with Crippen LogP contribution in [0.25, 0.3) is 0 Å². The molecule has 0 bridgehead atoms. The van der Waals surface area contributed by atoms with Gasteiger partial charge in [0.05, 0.1) is 5.75 Å². The summed E-state index contributed by atoms with van der Waals surface area (Å²) in [4.78, 5) is 16.6. The van der Waals surface area contributed by atoms with E-state index >= 15 is 0 Å². The first-order valence-corrected chi connectivity index (χ1v) is 10.8. The summed E-state index contributed by atoms with van der Waals surface area (Å²) in [7, 11) is -3.66. The minimum absolute atomic E-state index is 0.102. The Morgan fingerprint density at radius 1 is 0.931 bits per heavy atom. The van der Waals surface area contributed by atoms with Gasteiger partial charge in [0.1, 0.15) is 5.82 Å². The Labute approximate surface area is 171 Å². The number of anilines is 2. The largest absolute Gasteiger partial charge is 0.322 e. The molecule has 1 amide bonds. The van der Waals surface area contributed by atoms with Crippen molar-refractivity contribution >= 4 is 27.4 Å². The van der Waals surface area contributed by atoms with Crippen molar-refractivity contribution in [2.75, 3.05) is 10.0 Å². The van der Waals surface area contributed by atoms with Gasteiger partial charge in [0.25, 0.3) is 5.91 Å². The first-order chi connectivity index (χ1) is 13.7. The number of carbonyl (C=O) groups is 1. The molecule has 0 aliphatic rings. The summed E-state index contributed by atoms with van der Waals surface area (Å²) in [5.74, 6) is -0.409. The highest BCUT2D eigenvalue weighted by molar-refractivity contribution is 7.91. The molecule has 150 valence electrons. The van der Waals surface area contributed by atoms with Crippen LogP contribution in [0.5, 0.6) is 0 Å². The number of carbonyl (C=O) groups excluding carboxylic acids is 1. The normalized spacial score (nSPS) is 11.1. The molecule has 0 aliphatic heterocycles. The van der Waals surface area contributed by atoms with Crippen LogP contribution in [0.2, 0.25) is 0 Å². The Kier molecular flexibility index (Phi) is 5.98. The monoisotopic (exact) mass is 409 g/mol. The van der Waals surface area contributed by atoms with Crippen molar-refractivity contribution in [2.45, 2.75) is 26.5 Å². The molecule has 1 heterocycles. The summed E-state index contributed by atoms with van der Waals surface area (Å²) in [5, 5.41) is 2.82. The van der Waals surface area contributed by atoms with Crippen molar-refractivity contribution in [1.82, 2.24) is 4.98 Å². The van der Waals surface area contributed by atoms with E-state index in [9.17, 15) is 13.2 Å². The molecule has 0 radical (unpaired) electrons. The van der Waals surface area contributed by atoms with Crippen LogP contribution in [0.3, 0.4) is 0 Å². The van der Waals surface area contributed by atoms with Crippen molar-refractivity contribution in [3.8, 4) is 0 Å². The maximum Gasteiger partial charge on any atom is 0.255 e. The first-order valence-electron chi connectivity index (χ1n) is 9.12. The van der Waals surface area contributed by atoms with Crippen molar-refractivity contribution in [2.24, 2.45) is 0 Å². The number of hydrogen-bond acceptors (Lipinski definition) is 4. The second-order valence-corrected chi connectivity index (χ2v) is 8.75. The molecule has 1 aromatic heterocycles. The average Bonchev–Trinajstić information content (AvgIpc) is 2.66. The second kappa shape index (κ2) is 8.45. The third kappa shape index (κ3) is 5.65. The van der Waals surface area contributed by atoms with Gasteiger partial charge in [-0.25, -0.2) is 13.4 Å². The van der Waals surface area contributed by atoms with E-state index in [2.05, 4.69) is 15.0 Å². The Morgan fingerprint density at radius 3 is 2.34 bits per heavy atom. The fourth-order valence-electron chi connectivity index (χ4n) is 2.75. The molecular weight excluding hydrogens is 386 g/mol. The van der Waals surface area contributed by atoms with Crippen molar-refractivity contribution < 1.29 is 13.2 Å². The molecule has 2 N–H and O–H groups in total. The summed E-state index contributed by atoms with van der Waals surface area (Å²) in [6, 6.07) is 15.9. The van der Waals surface area contributed by atoms with Crippen LogP contribution in [-0.2, 0) is 15.8 Å². The summed E-state index contributed by atoms with van der Waals surface area (Å²) in [5.41, 5.74) is 4.93. The van der Waals surface area contributed by atoms with E-state index in [1.165, 1.54) is 18.3 Å². The van der Waals surface area contributed by atoms with Gasteiger partial charge in [-0.15, -0.1) is 0 Å². The van der Waals surface area contributed by atoms with E-state index in [4.69, 9.17) is 0 Å². The molecule has 0 aliphatic carbocycles. The van der Waals surface area contributed by atoms with Crippen LogP contribution in [0, 0.1) is 20.8 Å². The van der Waals surface area contributed by atoms with Crippen molar-refractivity contribution in [3.63, 3.8) is 0 Å². The number of pyridine rings is 1. The second-order valence-electron chi connectivity index (χ2n) is 7.03. The lowest BCUT2D eigenvalue weighted by Gasteiger charge is -2.10. The van der Waals surface area contributed by atoms with Gasteiger partial charge in [0.15, 0.2) is 0 Å². The Morgan fingerprint density at radius 2 is 1.66 bits per heavy atom. The smallest absolute Gasteiger partial charge is 0.255 e. The average molecular weight is 410 g/mol. The van der Waals surface area contributed by atoms with Crippen LogP contribution in [0.1, 0.15) is 32.6 Å². The quantitative estimate of drug-likeness (QED) is 0.639. The zero-order chi connectivity index (χ0) is 21.0. The van der Waals surface area contributed by atoms with Gasteiger partial charge in [-0.2, -0.15) is 0 Å². The third-order valence-electron chi connectivity index (χ3n) is 4.52. The van der Waals surface area contributed by atoms with E-state index in [0.717, 1.165) is 16.7 Å². The lowest BCUT2D eigenvalue weighted by Crippen LogP contribution is -2.17. The number of nitrogens with zero attached hydrogens (tertiary/aromatic N) is 1. The minimum atomic E-state index is -3.66. The topological polar surface area (TPSA) is 88.2 Å². The molecule has 0 atom stereocenters. The summed E-state index contributed by atoms with van der Waals surface area (Å²) < 4.78 is 27.3.